The topological polar surface area (TPSA) is 29.5 Å². The number of amides is 1. The van der Waals surface area contributed by atoms with Gasteiger partial charge < -0.3 is 9.64 Å². The van der Waals surface area contributed by atoms with Crippen LogP contribution in [-0.4, -0.2) is 42.3 Å². The van der Waals surface area contributed by atoms with Crippen molar-refractivity contribution >= 4 is 33.4 Å². The van der Waals surface area contributed by atoms with Gasteiger partial charge in [-0.3, -0.25) is 4.79 Å². The zero-order valence-corrected chi connectivity index (χ0v) is 12.3. The first-order valence-corrected chi connectivity index (χ1v) is 7.03. The van der Waals surface area contributed by atoms with Crippen molar-refractivity contribution in [1.29, 1.82) is 0 Å². The van der Waals surface area contributed by atoms with Gasteiger partial charge in [-0.15, -0.1) is 0 Å². The fourth-order valence-electron chi connectivity index (χ4n) is 1.35. The summed E-state index contributed by atoms with van der Waals surface area (Å²) in [6.45, 7) is -0.650. The van der Waals surface area contributed by atoms with Crippen LogP contribution in [0.25, 0.3) is 0 Å². The van der Waals surface area contributed by atoms with E-state index in [1.807, 2.05) is 0 Å². The highest BCUT2D eigenvalue weighted by Crippen LogP contribution is 2.15. The van der Waals surface area contributed by atoms with Gasteiger partial charge in [0.1, 0.15) is 5.75 Å². The summed E-state index contributed by atoms with van der Waals surface area (Å²) < 4.78 is 29.8. The molecule has 0 atom stereocenters. The van der Waals surface area contributed by atoms with Crippen LogP contribution in [0.15, 0.2) is 24.3 Å². The van der Waals surface area contributed by atoms with Gasteiger partial charge in [-0.05, 0) is 24.3 Å². The molecule has 1 rings (SSSR count). The number of alkyl halides is 3. The summed E-state index contributed by atoms with van der Waals surface area (Å²) in [7, 11) is 0. The second-order valence-electron chi connectivity index (χ2n) is 3.66. The van der Waals surface area contributed by atoms with E-state index in [-0.39, 0.29) is 13.2 Å². The third-order valence-corrected chi connectivity index (χ3v) is 2.85. The van der Waals surface area contributed by atoms with Crippen molar-refractivity contribution in [3.8, 4) is 5.75 Å². The van der Waals surface area contributed by atoms with Gasteiger partial charge in [0.2, 0.25) is 0 Å². The van der Waals surface area contributed by atoms with Crippen molar-refractivity contribution in [3.63, 3.8) is 0 Å². The number of halogens is 4. The third-order valence-electron chi connectivity index (χ3n) is 2.24. The number of nitrogens with zero attached hydrogens (tertiary/aromatic N) is 1. The highest BCUT2D eigenvalue weighted by atomic mass is 79.9. The number of carbonyl (C=O) groups is 1. The number of hydrogen-bond donors (Lipinski definition) is 0. The molecule has 0 aliphatic heterocycles. The fourth-order valence-corrected chi connectivity index (χ4v) is 1.91. The molecule has 0 unspecified atom stereocenters. The van der Waals surface area contributed by atoms with Crippen LogP contribution in [-0.2, 0) is 4.79 Å². The second kappa shape index (κ2) is 8.32. The molecular formula is C12H13BrClF2NO2. The molecule has 0 saturated heterocycles. The molecule has 0 aliphatic rings. The smallest absolute Gasteiger partial charge is 0.260 e. The highest BCUT2D eigenvalue weighted by molar-refractivity contribution is 9.09. The van der Waals surface area contributed by atoms with Gasteiger partial charge in [0, 0.05) is 16.9 Å². The summed E-state index contributed by atoms with van der Waals surface area (Å²) in [5.41, 5.74) is 0. The Bertz CT molecular complexity index is 403. The first-order valence-electron chi connectivity index (χ1n) is 5.53. The second-order valence-corrected chi connectivity index (χ2v) is 4.89. The molecule has 3 nitrogen and oxygen atoms in total. The van der Waals surface area contributed by atoms with Crippen LogP contribution in [0.1, 0.15) is 0 Å². The predicted octanol–water partition coefficient (Wildman–Crippen LogP) is 3.21. The van der Waals surface area contributed by atoms with Gasteiger partial charge in [-0.1, -0.05) is 27.5 Å². The largest absolute Gasteiger partial charge is 0.484 e. The molecule has 1 amide bonds. The van der Waals surface area contributed by atoms with E-state index < -0.39 is 18.9 Å². The SMILES string of the molecule is O=C(COc1ccc(Cl)cc1)N(CCBr)CC(F)F. The van der Waals surface area contributed by atoms with E-state index in [1.165, 1.54) is 0 Å². The van der Waals surface area contributed by atoms with Gasteiger partial charge in [0.05, 0.1) is 6.54 Å². The van der Waals surface area contributed by atoms with E-state index in [2.05, 4.69) is 15.9 Å². The molecule has 19 heavy (non-hydrogen) atoms. The third kappa shape index (κ3) is 6.20. The van der Waals surface area contributed by atoms with Gasteiger partial charge in [0.25, 0.3) is 12.3 Å². The minimum absolute atomic E-state index is 0.215. The van der Waals surface area contributed by atoms with E-state index in [4.69, 9.17) is 16.3 Å². The van der Waals surface area contributed by atoms with Crippen LogP contribution in [0.2, 0.25) is 5.02 Å². The molecule has 0 bridgehead atoms. The fraction of sp³-hybridized carbons (Fsp3) is 0.417. The standard InChI is InChI=1S/C12H13BrClF2NO2/c13-5-6-17(7-11(15)16)12(18)8-19-10-3-1-9(14)2-4-10/h1-4,11H,5-8H2. The first-order chi connectivity index (χ1) is 9.02. The molecule has 0 saturated carbocycles. The number of ether oxygens (including phenoxy) is 1. The zero-order valence-electron chi connectivity index (χ0n) is 9.99. The van der Waals surface area contributed by atoms with Crippen molar-refractivity contribution in [2.45, 2.75) is 6.43 Å². The van der Waals surface area contributed by atoms with E-state index in [0.29, 0.717) is 16.1 Å². The zero-order chi connectivity index (χ0) is 14.3. The summed E-state index contributed by atoms with van der Waals surface area (Å²) in [6.07, 6.45) is -2.56. The van der Waals surface area contributed by atoms with Crippen LogP contribution in [0.5, 0.6) is 5.75 Å². The van der Waals surface area contributed by atoms with Gasteiger partial charge in [0.15, 0.2) is 6.61 Å². The quantitative estimate of drug-likeness (QED) is 0.702. The molecule has 106 valence electrons. The maximum absolute atomic E-state index is 12.3. The Labute approximate surface area is 123 Å². The average Bonchev–Trinajstić information content (AvgIpc) is 2.37. The van der Waals surface area contributed by atoms with Crippen LogP contribution in [0.3, 0.4) is 0 Å². The highest BCUT2D eigenvalue weighted by Gasteiger charge is 2.18. The summed E-state index contributed by atoms with van der Waals surface area (Å²) in [4.78, 5) is 12.8. The Morgan fingerprint density at radius 1 is 1.37 bits per heavy atom. The molecule has 0 heterocycles. The number of benzene rings is 1. The summed E-state index contributed by atoms with van der Waals surface area (Å²) >= 11 is 8.82. The van der Waals surface area contributed by atoms with Gasteiger partial charge >= 0.3 is 0 Å². The first kappa shape index (κ1) is 16.2. The van der Waals surface area contributed by atoms with Gasteiger partial charge in [-0.2, -0.15) is 0 Å². The number of hydrogen-bond acceptors (Lipinski definition) is 2. The minimum atomic E-state index is -2.56. The lowest BCUT2D eigenvalue weighted by Gasteiger charge is -2.21. The van der Waals surface area contributed by atoms with Crippen molar-refractivity contribution in [2.24, 2.45) is 0 Å². The van der Waals surface area contributed by atoms with Crippen LogP contribution in [0.4, 0.5) is 8.78 Å². The van der Waals surface area contributed by atoms with Crippen LogP contribution in [0, 0.1) is 0 Å². The van der Waals surface area contributed by atoms with Crippen molar-refractivity contribution < 1.29 is 18.3 Å². The molecule has 7 heteroatoms. The molecule has 0 aliphatic carbocycles. The summed E-state index contributed by atoms with van der Waals surface area (Å²) in [6, 6.07) is 6.46. The molecular weight excluding hydrogens is 343 g/mol. The molecule has 0 N–H and O–H groups in total. The normalized spacial score (nSPS) is 10.6. The number of carbonyl (C=O) groups excluding carboxylic acids is 1. The Kier molecular flexibility index (Phi) is 7.09. The Hall–Kier alpha value is -0.880. The lowest BCUT2D eigenvalue weighted by Crippen LogP contribution is -2.39. The van der Waals surface area contributed by atoms with Gasteiger partial charge in [-0.25, -0.2) is 8.78 Å². The average molecular weight is 357 g/mol. The Morgan fingerprint density at radius 3 is 2.53 bits per heavy atom. The van der Waals surface area contributed by atoms with E-state index in [1.54, 1.807) is 24.3 Å². The molecule has 1 aromatic rings. The van der Waals surface area contributed by atoms with Crippen LogP contribution >= 0.6 is 27.5 Å². The predicted molar refractivity (Wildman–Crippen MR) is 73.3 cm³/mol. The summed E-state index contributed by atoms with van der Waals surface area (Å²) in [5.74, 6) is -0.0108. The molecule has 0 radical (unpaired) electrons. The maximum atomic E-state index is 12.3. The van der Waals surface area contributed by atoms with Crippen molar-refractivity contribution in [2.75, 3.05) is 25.0 Å². The molecule has 1 aromatic carbocycles. The van der Waals surface area contributed by atoms with E-state index in [9.17, 15) is 13.6 Å². The molecule has 0 fully saturated rings. The van der Waals surface area contributed by atoms with E-state index >= 15 is 0 Å². The number of rotatable bonds is 7. The monoisotopic (exact) mass is 355 g/mol. The Morgan fingerprint density at radius 2 is 2.00 bits per heavy atom. The van der Waals surface area contributed by atoms with Crippen molar-refractivity contribution in [1.82, 2.24) is 4.90 Å². The lowest BCUT2D eigenvalue weighted by molar-refractivity contribution is -0.135. The van der Waals surface area contributed by atoms with E-state index in [0.717, 1.165) is 4.90 Å². The Balaban J connectivity index is 2.49. The van der Waals surface area contributed by atoms with Crippen LogP contribution < -0.4 is 4.74 Å². The molecule has 0 spiro atoms. The van der Waals surface area contributed by atoms with Crippen molar-refractivity contribution in [3.05, 3.63) is 29.3 Å². The lowest BCUT2D eigenvalue weighted by atomic mass is 10.3. The molecule has 0 aromatic heterocycles. The maximum Gasteiger partial charge on any atom is 0.260 e. The minimum Gasteiger partial charge on any atom is -0.484 e. The summed E-state index contributed by atoms with van der Waals surface area (Å²) in [5, 5.41) is 0.990.